The number of piperidine rings is 3. The third-order valence-electron chi connectivity index (χ3n) is 5.92. The largest absolute Gasteiger partial charge is 0.483 e. The van der Waals surface area contributed by atoms with E-state index in [4.69, 9.17) is 16.3 Å². The molecule has 26 heavy (non-hydrogen) atoms. The van der Waals surface area contributed by atoms with Gasteiger partial charge in [-0.15, -0.1) is 0 Å². The highest BCUT2D eigenvalue weighted by Gasteiger charge is 2.37. The normalized spacial score (nSPS) is 29.1. The molecular weight excluding hydrogens is 350 g/mol. The summed E-state index contributed by atoms with van der Waals surface area (Å²) in [5.74, 6) is 1.17. The van der Waals surface area contributed by atoms with Gasteiger partial charge >= 0.3 is 0 Å². The van der Waals surface area contributed by atoms with Gasteiger partial charge in [0, 0.05) is 24.2 Å². The number of rotatable bonds is 3. The van der Waals surface area contributed by atoms with Crippen LogP contribution < -0.4 is 15.0 Å². The monoisotopic (exact) mass is 377 g/mol. The molecule has 4 aliphatic heterocycles. The molecule has 142 valence electrons. The summed E-state index contributed by atoms with van der Waals surface area (Å²) in [4.78, 5) is 17.8. The van der Waals surface area contributed by atoms with E-state index >= 15 is 0 Å². The fraction of sp³-hybridized carbons (Fsp3) is 0.650. The minimum atomic E-state index is -0.346. The summed E-state index contributed by atoms with van der Waals surface area (Å²) in [6, 6.07) is 3.87. The molecule has 4 aliphatic rings. The molecule has 6 heteroatoms. The fourth-order valence-electron chi connectivity index (χ4n) is 4.60. The highest BCUT2D eigenvalue weighted by molar-refractivity contribution is 6.31. The fourth-order valence-corrected chi connectivity index (χ4v) is 4.81. The zero-order valence-corrected chi connectivity index (χ0v) is 16.6. The molecule has 0 radical (unpaired) electrons. The number of hydrogen-bond acceptors (Lipinski definition) is 4. The van der Waals surface area contributed by atoms with Gasteiger partial charge in [0.25, 0.3) is 5.91 Å². The van der Waals surface area contributed by atoms with Crippen LogP contribution >= 0.6 is 11.6 Å². The predicted molar refractivity (Wildman–Crippen MR) is 104 cm³/mol. The van der Waals surface area contributed by atoms with Gasteiger partial charge in [-0.2, -0.15) is 0 Å². The number of amides is 1. The molecule has 1 aromatic carbocycles. The molecule has 0 aromatic heterocycles. The third-order valence-corrected chi connectivity index (χ3v) is 6.14. The zero-order chi connectivity index (χ0) is 18.5. The maximum absolute atomic E-state index is 13.1. The molecule has 1 unspecified atom stereocenters. The van der Waals surface area contributed by atoms with Crippen molar-refractivity contribution in [3.63, 3.8) is 0 Å². The number of halogens is 1. The number of nitrogens with one attached hydrogen (secondary N) is 1. The smallest absolute Gasteiger partial charge is 0.255 e. The maximum atomic E-state index is 13.1. The molecule has 0 aliphatic carbocycles. The van der Waals surface area contributed by atoms with E-state index in [0.717, 1.165) is 38.4 Å². The molecule has 5 nitrogen and oxygen atoms in total. The van der Waals surface area contributed by atoms with E-state index in [-0.39, 0.29) is 17.6 Å². The minimum absolute atomic E-state index is 0.0729. The van der Waals surface area contributed by atoms with E-state index in [1.807, 2.05) is 6.07 Å². The number of likely N-dealkylation sites (N-methyl/N-ethyl adjacent to an activating group) is 1. The molecule has 1 atom stereocenters. The lowest BCUT2D eigenvalue weighted by Crippen LogP contribution is -2.57. The Kier molecular flexibility index (Phi) is 4.56. The van der Waals surface area contributed by atoms with Crippen molar-refractivity contribution in [3.05, 3.63) is 22.7 Å². The molecule has 4 heterocycles. The molecule has 1 amide bonds. The molecule has 0 saturated carbocycles. The predicted octanol–water partition coefficient (Wildman–Crippen LogP) is 3.16. The van der Waals surface area contributed by atoms with Crippen LogP contribution in [0.25, 0.3) is 0 Å². The Morgan fingerprint density at radius 3 is 2.69 bits per heavy atom. The average molecular weight is 378 g/mol. The van der Waals surface area contributed by atoms with Crippen LogP contribution in [0.1, 0.15) is 44.0 Å². The second kappa shape index (κ2) is 6.61. The highest BCUT2D eigenvalue weighted by atomic mass is 35.5. The van der Waals surface area contributed by atoms with Crippen molar-refractivity contribution >= 4 is 23.2 Å². The summed E-state index contributed by atoms with van der Waals surface area (Å²) in [5, 5.41) is 3.84. The van der Waals surface area contributed by atoms with Crippen LogP contribution in [0.2, 0.25) is 5.02 Å². The topological polar surface area (TPSA) is 44.8 Å². The summed E-state index contributed by atoms with van der Waals surface area (Å²) in [7, 11) is 0. The van der Waals surface area contributed by atoms with Crippen molar-refractivity contribution in [2.75, 3.05) is 37.6 Å². The third kappa shape index (κ3) is 3.27. The summed E-state index contributed by atoms with van der Waals surface area (Å²) in [6.07, 6.45) is 2.34. The Labute approximate surface area is 160 Å². The Morgan fingerprint density at radius 1 is 1.35 bits per heavy atom. The number of anilines is 1. The number of carbonyl (C=O) groups excluding carboxylic acids is 1. The number of carbonyl (C=O) groups is 1. The molecule has 5 rings (SSSR count). The first-order valence-electron chi connectivity index (χ1n) is 9.67. The number of fused-ring (bicyclic) bond motifs is 4. The molecule has 1 N–H and O–H groups in total. The second-order valence-corrected chi connectivity index (χ2v) is 8.83. The van der Waals surface area contributed by atoms with Gasteiger partial charge in [-0.1, -0.05) is 11.6 Å². The molecule has 1 aromatic rings. The van der Waals surface area contributed by atoms with Crippen LogP contribution in [0.5, 0.6) is 5.75 Å². The SMILES string of the molecule is CCN1CC(C)(C)Oc2c(C(=O)NC3CN4CCC3CC4)cc(Cl)cc21. The number of benzene rings is 1. The van der Waals surface area contributed by atoms with Crippen molar-refractivity contribution in [3.8, 4) is 5.75 Å². The van der Waals surface area contributed by atoms with Crippen LogP contribution in [0.4, 0.5) is 5.69 Å². The molecule has 2 bridgehead atoms. The van der Waals surface area contributed by atoms with Gasteiger partial charge in [-0.25, -0.2) is 0 Å². The van der Waals surface area contributed by atoms with Crippen molar-refractivity contribution in [2.24, 2.45) is 5.92 Å². The van der Waals surface area contributed by atoms with E-state index in [2.05, 4.69) is 35.9 Å². The van der Waals surface area contributed by atoms with Gasteiger partial charge in [0.1, 0.15) is 5.60 Å². The summed E-state index contributed by atoms with van der Waals surface area (Å²) < 4.78 is 6.24. The summed E-state index contributed by atoms with van der Waals surface area (Å²) >= 11 is 6.35. The van der Waals surface area contributed by atoms with E-state index in [9.17, 15) is 4.79 Å². The Bertz CT molecular complexity index is 713. The lowest BCUT2D eigenvalue weighted by atomic mass is 9.84. The summed E-state index contributed by atoms with van der Waals surface area (Å²) in [6.45, 7) is 11.1. The molecule has 0 spiro atoms. The van der Waals surface area contributed by atoms with E-state index < -0.39 is 0 Å². The first-order chi connectivity index (χ1) is 12.4. The van der Waals surface area contributed by atoms with Crippen molar-refractivity contribution < 1.29 is 9.53 Å². The Hall–Kier alpha value is -1.46. The minimum Gasteiger partial charge on any atom is -0.483 e. The number of nitrogens with zero attached hydrogens (tertiary/aromatic N) is 2. The van der Waals surface area contributed by atoms with Crippen molar-refractivity contribution in [1.29, 1.82) is 0 Å². The van der Waals surface area contributed by atoms with Gasteiger partial charge in [-0.05, 0) is 64.8 Å². The average Bonchev–Trinajstić information content (AvgIpc) is 2.61. The van der Waals surface area contributed by atoms with Gasteiger partial charge < -0.3 is 19.9 Å². The second-order valence-electron chi connectivity index (χ2n) is 8.40. The zero-order valence-electron chi connectivity index (χ0n) is 15.8. The van der Waals surface area contributed by atoms with Gasteiger partial charge in [0.05, 0.1) is 17.8 Å². The molecule has 3 saturated heterocycles. The van der Waals surface area contributed by atoms with Crippen molar-refractivity contribution in [1.82, 2.24) is 10.2 Å². The number of ether oxygens (including phenoxy) is 1. The number of hydrogen-bond donors (Lipinski definition) is 1. The van der Waals surface area contributed by atoms with E-state index in [1.165, 1.54) is 12.8 Å². The maximum Gasteiger partial charge on any atom is 0.255 e. The highest BCUT2D eigenvalue weighted by Crippen LogP contribution is 2.42. The summed E-state index contributed by atoms with van der Waals surface area (Å²) in [5.41, 5.74) is 1.12. The van der Waals surface area contributed by atoms with Crippen LogP contribution in [-0.4, -0.2) is 55.2 Å². The van der Waals surface area contributed by atoms with E-state index in [0.29, 0.717) is 22.3 Å². The van der Waals surface area contributed by atoms with Crippen LogP contribution in [0.15, 0.2) is 12.1 Å². The Balaban J connectivity index is 1.64. The first kappa shape index (κ1) is 17.9. The van der Waals surface area contributed by atoms with Gasteiger partial charge in [-0.3, -0.25) is 4.79 Å². The van der Waals surface area contributed by atoms with Crippen LogP contribution in [0, 0.1) is 5.92 Å². The molecule has 3 fully saturated rings. The molecular formula is C20H28ClN3O2. The van der Waals surface area contributed by atoms with Gasteiger partial charge in [0.15, 0.2) is 5.75 Å². The lowest BCUT2D eigenvalue weighted by molar-refractivity contribution is 0.0610. The van der Waals surface area contributed by atoms with E-state index in [1.54, 1.807) is 6.07 Å². The van der Waals surface area contributed by atoms with Crippen molar-refractivity contribution in [2.45, 2.75) is 45.3 Å². The lowest BCUT2D eigenvalue weighted by Gasteiger charge is -2.45. The Morgan fingerprint density at radius 2 is 2.08 bits per heavy atom. The first-order valence-corrected chi connectivity index (χ1v) is 10.0. The van der Waals surface area contributed by atoms with Gasteiger partial charge in [0.2, 0.25) is 0 Å². The quantitative estimate of drug-likeness (QED) is 0.878. The van der Waals surface area contributed by atoms with Crippen LogP contribution in [-0.2, 0) is 0 Å². The van der Waals surface area contributed by atoms with Crippen LogP contribution in [0.3, 0.4) is 0 Å². The standard InChI is InChI=1S/C20H28ClN3O2/c1-4-24-12-20(2,3)26-18-15(9-14(21)10-17(18)24)19(25)22-16-11-23-7-5-13(16)6-8-23/h9-10,13,16H,4-8,11-12H2,1-3H3,(H,22,25).